The zero-order valence-electron chi connectivity index (χ0n) is 22.1. The van der Waals surface area contributed by atoms with Crippen molar-refractivity contribution in [3.8, 4) is 5.69 Å². The van der Waals surface area contributed by atoms with Gasteiger partial charge in [0.2, 0.25) is 0 Å². The molecule has 10 nitrogen and oxygen atoms in total. The number of hydrogen-bond donors (Lipinski definition) is 2. The Hall–Kier alpha value is -3.48. The summed E-state index contributed by atoms with van der Waals surface area (Å²) < 4.78 is 37.0. The van der Waals surface area contributed by atoms with Crippen molar-refractivity contribution in [2.75, 3.05) is 10.0 Å². The smallest absolute Gasteiger partial charge is 0.340 e. The highest BCUT2D eigenvalue weighted by Crippen LogP contribution is 2.34. The van der Waals surface area contributed by atoms with Gasteiger partial charge in [0.1, 0.15) is 5.69 Å². The number of halogens is 4. The van der Waals surface area contributed by atoms with Gasteiger partial charge < -0.3 is 10.1 Å². The van der Waals surface area contributed by atoms with Gasteiger partial charge in [0, 0.05) is 12.1 Å². The van der Waals surface area contributed by atoms with Gasteiger partial charge in [-0.1, -0.05) is 64.6 Å². The average molecular weight is 672 g/mol. The van der Waals surface area contributed by atoms with E-state index in [1.807, 2.05) is 0 Å². The molecule has 0 radical (unpaired) electrons. The lowest BCUT2D eigenvalue weighted by molar-refractivity contribution is -0.123. The van der Waals surface area contributed by atoms with Gasteiger partial charge in [0.15, 0.2) is 6.10 Å². The van der Waals surface area contributed by atoms with Crippen LogP contribution in [0.25, 0.3) is 5.69 Å². The Labute approximate surface area is 260 Å². The number of nitrogens with one attached hydrogen (secondary N) is 2. The third-order valence-corrected chi connectivity index (χ3v) is 8.66. The number of ether oxygens (including phenoxy) is 1. The molecule has 0 saturated carbocycles. The lowest BCUT2D eigenvalue weighted by atomic mass is 10.2. The van der Waals surface area contributed by atoms with Crippen LogP contribution in [0, 0.1) is 6.92 Å². The molecule has 0 saturated heterocycles. The minimum absolute atomic E-state index is 0.0652. The van der Waals surface area contributed by atoms with Crippen molar-refractivity contribution in [3.05, 3.63) is 102 Å². The second-order valence-electron chi connectivity index (χ2n) is 8.96. The Kier molecular flexibility index (Phi) is 9.29. The number of aromatic nitrogens is 2. The first-order valence-corrected chi connectivity index (χ1v) is 15.0. The Bertz CT molecular complexity index is 1850. The molecule has 0 bridgehead atoms. The summed E-state index contributed by atoms with van der Waals surface area (Å²) in [6.45, 7) is 2.87. The number of rotatable bonds is 8. The zero-order chi connectivity index (χ0) is 30.9. The Balaban J connectivity index is 1.56. The van der Waals surface area contributed by atoms with E-state index in [2.05, 4.69) is 10.0 Å². The standard InChI is InChI=1S/C27H22Cl4N4O6S/c1-14-23(26(37)35(34(14)3)17-7-5-4-6-8-17)33-42(39,40)18-9-10-20(29)19(13-18)27(38)41-15(2)25(36)32-24-21(30)11-16(28)12-22(24)31/h4-13,15,33H,1-3H3,(H,32,36)/t15-/m1/s1. The summed E-state index contributed by atoms with van der Waals surface area (Å²) in [5, 5.41) is 2.72. The van der Waals surface area contributed by atoms with Crippen molar-refractivity contribution in [1.82, 2.24) is 9.36 Å². The van der Waals surface area contributed by atoms with E-state index in [1.165, 1.54) is 34.5 Å². The lowest BCUT2D eigenvalue weighted by Gasteiger charge is -2.16. The number of para-hydroxylation sites is 1. The molecule has 220 valence electrons. The minimum Gasteiger partial charge on any atom is -0.449 e. The Morgan fingerprint density at radius 2 is 1.52 bits per heavy atom. The van der Waals surface area contributed by atoms with E-state index in [9.17, 15) is 22.8 Å². The van der Waals surface area contributed by atoms with Crippen LogP contribution < -0.4 is 15.6 Å². The molecule has 1 aromatic heterocycles. The van der Waals surface area contributed by atoms with Crippen LogP contribution in [0.1, 0.15) is 23.0 Å². The first kappa shape index (κ1) is 31.5. The zero-order valence-corrected chi connectivity index (χ0v) is 26.0. The second-order valence-corrected chi connectivity index (χ2v) is 12.3. The average Bonchev–Trinajstić information content (AvgIpc) is 3.13. The highest BCUT2D eigenvalue weighted by molar-refractivity contribution is 7.92. The third-order valence-electron chi connectivity index (χ3n) is 6.17. The fourth-order valence-electron chi connectivity index (χ4n) is 3.87. The molecule has 0 unspecified atom stereocenters. The monoisotopic (exact) mass is 670 g/mol. The Morgan fingerprint density at radius 1 is 0.905 bits per heavy atom. The summed E-state index contributed by atoms with van der Waals surface area (Å²) in [7, 11) is -2.76. The van der Waals surface area contributed by atoms with Crippen molar-refractivity contribution in [1.29, 1.82) is 0 Å². The van der Waals surface area contributed by atoms with E-state index in [0.717, 1.165) is 12.1 Å². The van der Waals surface area contributed by atoms with Gasteiger partial charge in [0.25, 0.3) is 21.5 Å². The molecule has 3 aromatic carbocycles. The predicted molar refractivity (Wildman–Crippen MR) is 163 cm³/mol. The van der Waals surface area contributed by atoms with Crippen LogP contribution in [-0.4, -0.2) is 35.8 Å². The third kappa shape index (κ3) is 6.45. The lowest BCUT2D eigenvalue weighted by Crippen LogP contribution is -2.30. The normalized spacial score (nSPS) is 12.1. The van der Waals surface area contributed by atoms with Gasteiger partial charge >= 0.3 is 5.97 Å². The summed E-state index contributed by atoms with van der Waals surface area (Å²) >= 11 is 24.2. The van der Waals surface area contributed by atoms with Crippen molar-refractivity contribution < 1.29 is 22.7 Å². The molecule has 1 heterocycles. The molecular formula is C27H22Cl4N4O6S. The highest BCUT2D eigenvalue weighted by atomic mass is 35.5. The van der Waals surface area contributed by atoms with Gasteiger partial charge in [-0.25, -0.2) is 17.9 Å². The van der Waals surface area contributed by atoms with Gasteiger partial charge in [-0.2, -0.15) is 0 Å². The molecule has 2 N–H and O–H groups in total. The summed E-state index contributed by atoms with van der Waals surface area (Å²) in [6, 6.07) is 14.8. The van der Waals surface area contributed by atoms with Crippen LogP contribution >= 0.6 is 46.4 Å². The van der Waals surface area contributed by atoms with Crippen molar-refractivity contribution >= 4 is 79.7 Å². The SMILES string of the molecule is Cc1c(NS(=O)(=O)c2ccc(Cl)c(C(=O)O[C@H](C)C(=O)Nc3c(Cl)cc(Cl)cc3Cl)c2)c(=O)n(-c2ccccc2)n1C. The predicted octanol–water partition coefficient (Wildman–Crippen LogP) is 6.08. The summed E-state index contributed by atoms with van der Waals surface area (Å²) in [4.78, 5) is 38.4. The first-order valence-electron chi connectivity index (χ1n) is 12.0. The van der Waals surface area contributed by atoms with Crippen LogP contribution in [0.4, 0.5) is 11.4 Å². The first-order chi connectivity index (χ1) is 19.7. The number of amides is 1. The number of nitrogens with zero attached hydrogens (tertiary/aromatic N) is 2. The fourth-order valence-corrected chi connectivity index (χ4v) is 6.12. The number of hydrogen-bond acceptors (Lipinski definition) is 6. The van der Waals surface area contributed by atoms with Crippen LogP contribution in [0.2, 0.25) is 20.1 Å². The van der Waals surface area contributed by atoms with Gasteiger partial charge in [0.05, 0.1) is 42.6 Å². The van der Waals surface area contributed by atoms with Gasteiger partial charge in [-0.05, 0) is 56.3 Å². The number of esters is 1. The van der Waals surface area contributed by atoms with E-state index < -0.39 is 33.6 Å². The van der Waals surface area contributed by atoms with E-state index in [0.29, 0.717) is 11.4 Å². The van der Waals surface area contributed by atoms with Crippen LogP contribution in [0.5, 0.6) is 0 Å². The number of benzene rings is 3. The summed E-state index contributed by atoms with van der Waals surface area (Å²) in [5.41, 5.74) is -0.150. The van der Waals surface area contributed by atoms with E-state index in [-0.39, 0.29) is 41.9 Å². The maximum Gasteiger partial charge on any atom is 0.340 e. The highest BCUT2D eigenvalue weighted by Gasteiger charge is 2.26. The maximum absolute atomic E-state index is 13.3. The molecule has 0 aliphatic carbocycles. The van der Waals surface area contributed by atoms with Gasteiger partial charge in [-0.3, -0.25) is 19.0 Å². The summed E-state index contributed by atoms with van der Waals surface area (Å²) in [5.74, 6) is -1.85. The summed E-state index contributed by atoms with van der Waals surface area (Å²) in [6.07, 6.45) is -1.36. The second kappa shape index (κ2) is 12.4. The van der Waals surface area contributed by atoms with Crippen LogP contribution in [0.15, 0.2) is 70.4 Å². The number of anilines is 2. The molecule has 15 heteroatoms. The number of carbonyl (C=O) groups excluding carboxylic acids is 2. The number of carbonyl (C=O) groups is 2. The number of sulfonamides is 1. The molecule has 0 spiro atoms. The van der Waals surface area contributed by atoms with E-state index in [4.69, 9.17) is 51.1 Å². The largest absolute Gasteiger partial charge is 0.449 e. The maximum atomic E-state index is 13.3. The molecule has 0 fully saturated rings. The molecule has 0 aliphatic rings. The van der Waals surface area contributed by atoms with Crippen LogP contribution in [0.3, 0.4) is 0 Å². The fraction of sp³-hybridized carbons (Fsp3) is 0.148. The van der Waals surface area contributed by atoms with Crippen LogP contribution in [-0.2, 0) is 26.6 Å². The van der Waals surface area contributed by atoms with E-state index in [1.54, 1.807) is 44.3 Å². The topological polar surface area (TPSA) is 128 Å². The van der Waals surface area contributed by atoms with E-state index >= 15 is 0 Å². The van der Waals surface area contributed by atoms with Crippen molar-refractivity contribution in [2.45, 2.75) is 24.8 Å². The molecule has 1 amide bonds. The minimum atomic E-state index is -4.38. The molecule has 0 aliphatic heterocycles. The molecule has 1 atom stereocenters. The molecule has 4 aromatic rings. The molecule has 4 rings (SSSR count). The quantitative estimate of drug-likeness (QED) is 0.219. The molecule has 42 heavy (non-hydrogen) atoms. The van der Waals surface area contributed by atoms with Crippen molar-refractivity contribution in [3.63, 3.8) is 0 Å². The van der Waals surface area contributed by atoms with Crippen molar-refractivity contribution in [2.24, 2.45) is 7.05 Å². The Morgan fingerprint density at radius 3 is 2.14 bits per heavy atom. The van der Waals surface area contributed by atoms with Gasteiger partial charge in [-0.15, -0.1) is 0 Å². The molecular weight excluding hydrogens is 650 g/mol.